The van der Waals surface area contributed by atoms with Gasteiger partial charge in [0.2, 0.25) is 0 Å². The second kappa shape index (κ2) is 8.11. The third-order valence-electron chi connectivity index (χ3n) is 5.79. The third kappa shape index (κ3) is 3.48. The lowest BCUT2D eigenvalue weighted by molar-refractivity contribution is 0.176. The molecule has 0 aliphatic carbocycles. The Labute approximate surface area is 181 Å². The molecule has 1 amide bonds. The van der Waals surface area contributed by atoms with Gasteiger partial charge in [-0.05, 0) is 16.7 Å². The van der Waals surface area contributed by atoms with Gasteiger partial charge in [0.25, 0.3) is 0 Å². The van der Waals surface area contributed by atoms with Gasteiger partial charge >= 0.3 is 6.09 Å². The number of benzene rings is 3. The summed E-state index contributed by atoms with van der Waals surface area (Å²) in [6.45, 7) is 0.368. The Morgan fingerprint density at radius 2 is 1.39 bits per heavy atom. The summed E-state index contributed by atoms with van der Waals surface area (Å²) in [7, 11) is 0. The van der Waals surface area contributed by atoms with Crippen LogP contribution in [0.25, 0.3) is 0 Å². The lowest BCUT2D eigenvalue weighted by Gasteiger charge is -2.37. The highest BCUT2D eigenvalue weighted by Crippen LogP contribution is 2.40. The summed E-state index contributed by atoms with van der Waals surface area (Å²) in [4.78, 5) is 16.1. The standard InChI is InChI=1S/C26H23N3O2/c30-25-28-24(18-31-25)16-23-17-29(19-27-23)26(20-10-4-1-5-11-20,21-12-6-2-7-13-21)22-14-8-3-9-15-22/h1-15,17,19,24H,16,18H2,(H,28,30)/t24-/m0/s1. The molecule has 5 heteroatoms. The van der Waals surface area contributed by atoms with Crippen LogP contribution in [0.1, 0.15) is 22.4 Å². The molecule has 1 aliphatic heterocycles. The van der Waals surface area contributed by atoms with Gasteiger partial charge < -0.3 is 14.6 Å². The van der Waals surface area contributed by atoms with Crippen molar-refractivity contribution in [1.82, 2.24) is 14.9 Å². The number of ether oxygens (including phenoxy) is 1. The summed E-state index contributed by atoms with van der Waals surface area (Å²) in [6, 6.07) is 31.4. The zero-order chi connectivity index (χ0) is 21.1. The first-order valence-corrected chi connectivity index (χ1v) is 10.4. The van der Waals surface area contributed by atoms with Crippen LogP contribution >= 0.6 is 0 Å². The summed E-state index contributed by atoms with van der Waals surface area (Å²) >= 11 is 0. The van der Waals surface area contributed by atoms with Crippen molar-refractivity contribution in [2.75, 3.05) is 6.61 Å². The molecular weight excluding hydrogens is 386 g/mol. The molecule has 2 heterocycles. The molecule has 1 atom stereocenters. The van der Waals surface area contributed by atoms with Gasteiger partial charge in [-0.3, -0.25) is 0 Å². The highest BCUT2D eigenvalue weighted by Gasteiger charge is 2.38. The van der Waals surface area contributed by atoms with E-state index in [9.17, 15) is 4.79 Å². The Kier molecular flexibility index (Phi) is 5.00. The summed E-state index contributed by atoms with van der Waals surface area (Å²) in [5, 5.41) is 2.83. The van der Waals surface area contributed by atoms with E-state index in [0.29, 0.717) is 13.0 Å². The molecular formula is C26H23N3O2. The number of carbonyl (C=O) groups excluding carboxylic acids is 1. The monoisotopic (exact) mass is 409 g/mol. The number of cyclic esters (lactones) is 1. The molecule has 1 fully saturated rings. The van der Waals surface area contributed by atoms with Crippen molar-refractivity contribution in [3.8, 4) is 0 Å². The topological polar surface area (TPSA) is 56.2 Å². The summed E-state index contributed by atoms with van der Waals surface area (Å²) in [6.07, 6.45) is 4.22. The minimum atomic E-state index is -0.579. The SMILES string of the molecule is O=C1N[C@@H](Cc2cn(C(c3ccccc3)(c3ccccc3)c3ccccc3)cn2)CO1. The van der Waals surface area contributed by atoms with Gasteiger partial charge in [0.15, 0.2) is 0 Å². The molecule has 31 heavy (non-hydrogen) atoms. The van der Waals surface area contributed by atoms with Gasteiger partial charge in [-0.1, -0.05) is 91.0 Å². The molecule has 0 radical (unpaired) electrons. The molecule has 1 aliphatic rings. The van der Waals surface area contributed by atoms with Gasteiger partial charge in [-0.2, -0.15) is 0 Å². The normalized spacial score (nSPS) is 16.0. The van der Waals surface area contributed by atoms with Crippen molar-refractivity contribution in [3.63, 3.8) is 0 Å². The highest BCUT2D eigenvalue weighted by atomic mass is 16.6. The average Bonchev–Trinajstić information content (AvgIpc) is 3.46. The van der Waals surface area contributed by atoms with E-state index >= 15 is 0 Å². The van der Waals surface area contributed by atoms with Crippen LogP contribution < -0.4 is 5.32 Å². The molecule has 5 nitrogen and oxygen atoms in total. The first kappa shape index (κ1) is 19.1. The van der Waals surface area contributed by atoms with Crippen LogP contribution in [0.15, 0.2) is 104 Å². The van der Waals surface area contributed by atoms with Crippen LogP contribution in [0.4, 0.5) is 4.79 Å². The number of imidazole rings is 1. The van der Waals surface area contributed by atoms with Crippen molar-refractivity contribution in [2.24, 2.45) is 0 Å². The van der Waals surface area contributed by atoms with Gasteiger partial charge in [0.05, 0.1) is 18.1 Å². The van der Waals surface area contributed by atoms with E-state index in [4.69, 9.17) is 9.72 Å². The zero-order valence-corrected chi connectivity index (χ0v) is 17.0. The molecule has 0 spiro atoms. The smallest absolute Gasteiger partial charge is 0.407 e. The molecule has 1 aromatic heterocycles. The number of rotatable bonds is 6. The Bertz CT molecular complexity index is 1060. The van der Waals surface area contributed by atoms with Crippen LogP contribution in [-0.2, 0) is 16.7 Å². The second-order valence-corrected chi connectivity index (χ2v) is 7.72. The minimum Gasteiger partial charge on any atom is -0.447 e. The predicted molar refractivity (Wildman–Crippen MR) is 119 cm³/mol. The average molecular weight is 409 g/mol. The molecule has 3 aromatic carbocycles. The Hall–Kier alpha value is -3.86. The Balaban J connectivity index is 1.68. The number of nitrogens with zero attached hydrogens (tertiary/aromatic N) is 2. The molecule has 1 saturated heterocycles. The maximum atomic E-state index is 11.4. The maximum Gasteiger partial charge on any atom is 0.407 e. The molecule has 154 valence electrons. The molecule has 0 bridgehead atoms. The third-order valence-corrected chi connectivity index (χ3v) is 5.79. The van der Waals surface area contributed by atoms with E-state index < -0.39 is 5.54 Å². The zero-order valence-electron chi connectivity index (χ0n) is 17.0. The van der Waals surface area contributed by atoms with Crippen LogP contribution in [0.3, 0.4) is 0 Å². The van der Waals surface area contributed by atoms with Crippen LogP contribution in [0, 0.1) is 0 Å². The number of alkyl carbamates (subject to hydrolysis) is 1. The van der Waals surface area contributed by atoms with E-state index in [2.05, 4.69) is 88.9 Å². The van der Waals surface area contributed by atoms with E-state index in [1.54, 1.807) is 0 Å². The number of hydrogen-bond acceptors (Lipinski definition) is 3. The van der Waals surface area contributed by atoms with Crippen molar-refractivity contribution in [1.29, 1.82) is 0 Å². The first-order chi connectivity index (χ1) is 15.3. The van der Waals surface area contributed by atoms with Gasteiger partial charge in [0, 0.05) is 12.6 Å². The van der Waals surface area contributed by atoms with Gasteiger partial charge in [0.1, 0.15) is 12.1 Å². The number of hydrogen-bond donors (Lipinski definition) is 1. The number of aromatic nitrogens is 2. The minimum absolute atomic E-state index is 0.0598. The van der Waals surface area contributed by atoms with E-state index in [-0.39, 0.29) is 12.1 Å². The Morgan fingerprint density at radius 1 is 0.871 bits per heavy atom. The Morgan fingerprint density at radius 3 is 1.84 bits per heavy atom. The van der Waals surface area contributed by atoms with Crippen molar-refractivity contribution in [2.45, 2.75) is 18.0 Å². The highest BCUT2D eigenvalue weighted by molar-refractivity contribution is 5.69. The number of nitrogens with one attached hydrogen (secondary N) is 1. The largest absolute Gasteiger partial charge is 0.447 e. The van der Waals surface area contributed by atoms with Crippen molar-refractivity contribution in [3.05, 3.63) is 126 Å². The van der Waals surface area contributed by atoms with Crippen LogP contribution in [-0.4, -0.2) is 28.3 Å². The quantitative estimate of drug-likeness (QED) is 0.481. The first-order valence-electron chi connectivity index (χ1n) is 10.4. The van der Waals surface area contributed by atoms with Crippen LogP contribution in [0.2, 0.25) is 0 Å². The second-order valence-electron chi connectivity index (χ2n) is 7.72. The van der Waals surface area contributed by atoms with E-state index in [1.165, 1.54) is 0 Å². The van der Waals surface area contributed by atoms with Crippen molar-refractivity contribution < 1.29 is 9.53 Å². The number of amides is 1. The molecule has 4 aromatic rings. The van der Waals surface area contributed by atoms with Crippen molar-refractivity contribution >= 4 is 6.09 Å². The van der Waals surface area contributed by atoms with Crippen LogP contribution in [0.5, 0.6) is 0 Å². The van der Waals surface area contributed by atoms with Gasteiger partial charge in [-0.15, -0.1) is 0 Å². The fraction of sp³-hybridized carbons (Fsp3) is 0.154. The molecule has 0 saturated carbocycles. The van der Waals surface area contributed by atoms with Gasteiger partial charge in [-0.25, -0.2) is 9.78 Å². The maximum absolute atomic E-state index is 11.4. The molecule has 0 unspecified atom stereocenters. The summed E-state index contributed by atoms with van der Waals surface area (Å²) in [5.41, 5.74) is 3.77. The summed E-state index contributed by atoms with van der Waals surface area (Å²) < 4.78 is 7.22. The lowest BCUT2D eigenvalue weighted by Crippen LogP contribution is -2.37. The predicted octanol–water partition coefficient (Wildman–Crippen LogP) is 4.37. The van der Waals surface area contributed by atoms with E-state index in [1.807, 2.05) is 24.5 Å². The molecule has 1 N–H and O–H groups in total. The fourth-order valence-corrected chi connectivity index (χ4v) is 4.43. The fourth-order valence-electron chi connectivity index (χ4n) is 4.43. The number of carbonyl (C=O) groups is 1. The lowest BCUT2D eigenvalue weighted by atomic mass is 9.77. The molecule has 5 rings (SSSR count). The van der Waals surface area contributed by atoms with E-state index in [0.717, 1.165) is 22.4 Å². The summed E-state index contributed by atoms with van der Waals surface area (Å²) in [5.74, 6) is 0.